The highest BCUT2D eigenvalue weighted by Gasteiger charge is 2.37. The maximum absolute atomic E-state index is 12.3. The minimum Gasteiger partial charge on any atom is -0.455 e. The van der Waals surface area contributed by atoms with Crippen molar-refractivity contribution in [1.82, 2.24) is 14.4 Å². The summed E-state index contributed by atoms with van der Waals surface area (Å²) in [5.74, 6) is -1.18. The quantitative estimate of drug-likeness (QED) is 0.630. The number of thiazole rings is 1. The summed E-state index contributed by atoms with van der Waals surface area (Å²) in [5.41, 5.74) is 0.0939. The molecule has 0 saturated carbocycles. The van der Waals surface area contributed by atoms with Gasteiger partial charge < -0.3 is 4.74 Å². The van der Waals surface area contributed by atoms with Crippen LogP contribution in [0.3, 0.4) is 0 Å². The third-order valence-electron chi connectivity index (χ3n) is 4.56. The molecule has 1 fully saturated rings. The van der Waals surface area contributed by atoms with Gasteiger partial charge in [0, 0.05) is 30.5 Å². The van der Waals surface area contributed by atoms with Gasteiger partial charge in [-0.05, 0) is 6.42 Å². The van der Waals surface area contributed by atoms with Crippen LogP contribution in [-0.4, -0.2) is 57.9 Å². The molecule has 4 rings (SSSR count). The molecule has 0 unspecified atom stereocenters. The molecule has 1 atom stereocenters. The van der Waals surface area contributed by atoms with Gasteiger partial charge in [-0.3, -0.25) is 14.0 Å². The largest absolute Gasteiger partial charge is 0.455 e. The maximum Gasteiger partial charge on any atom is 0.354 e. The molecule has 28 heavy (non-hydrogen) atoms. The highest BCUT2D eigenvalue weighted by atomic mass is 32.2. The van der Waals surface area contributed by atoms with E-state index in [1.165, 1.54) is 21.8 Å². The molecule has 0 spiro atoms. The first-order chi connectivity index (χ1) is 13.3. The Morgan fingerprint density at radius 3 is 2.89 bits per heavy atom. The number of nitrogens with zero attached hydrogens (tertiary/aromatic N) is 4. The third kappa shape index (κ3) is 3.69. The second kappa shape index (κ2) is 7.09. The van der Waals surface area contributed by atoms with Crippen molar-refractivity contribution in [3.63, 3.8) is 0 Å². The minimum absolute atomic E-state index is 0.00313. The molecule has 2 aromatic rings. The van der Waals surface area contributed by atoms with Crippen LogP contribution in [0.1, 0.15) is 25.0 Å². The Balaban J connectivity index is 1.46. The first-order valence-electron chi connectivity index (χ1n) is 8.55. The fraction of sp³-hybridized carbons (Fsp3) is 0.438. The van der Waals surface area contributed by atoms with Crippen molar-refractivity contribution in [1.29, 1.82) is 0 Å². The topological polar surface area (TPSA) is 127 Å². The Morgan fingerprint density at radius 1 is 1.32 bits per heavy atom. The first kappa shape index (κ1) is 18.7. The number of sulfone groups is 1. The Hall–Kier alpha value is -2.60. The summed E-state index contributed by atoms with van der Waals surface area (Å²) >= 11 is 1.29. The highest BCUT2D eigenvalue weighted by Crippen LogP contribution is 2.22. The van der Waals surface area contributed by atoms with Crippen LogP contribution in [0.2, 0.25) is 0 Å². The molecule has 0 N–H and O–H groups in total. The molecule has 2 aliphatic rings. The lowest BCUT2D eigenvalue weighted by molar-refractivity contribution is -0.138. The zero-order valence-corrected chi connectivity index (χ0v) is 16.2. The van der Waals surface area contributed by atoms with E-state index in [0.717, 1.165) is 5.01 Å². The van der Waals surface area contributed by atoms with Crippen molar-refractivity contribution >= 4 is 43.7 Å². The number of hydrogen-bond acceptors (Lipinski definition) is 9. The molecule has 0 aliphatic carbocycles. The van der Waals surface area contributed by atoms with Crippen molar-refractivity contribution in [3.05, 3.63) is 33.7 Å². The Bertz CT molecular complexity index is 1150. The predicted octanol–water partition coefficient (Wildman–Crippen LogP) is -0.0353. The fourth-order valence-electron chi connectivity index (χ4n) is 3.16. The van der Waals surface area contributed by atoms with Crippen molar-refractivity contribution < 1.29 is 22.7 Å². The van der Waals surface area contributed by atoms with E-state index >= 15 is 0 Å². The predicted molar refractivity (Wildman–Crippen MR) is 99.7 cm³/mol. The molecule has 0 aromatic carbocycles. The number of hydrogen-bond donors (Lipinski definition) is 0. The molecule has 2 aliphatic heterocycles. The van der Waals surface area contributed by atoms with Gasteiger partial charge in [0.05, 0.1) is 23.2 Å². The van der Waals surface area contributed by atoms with Crippen LogP contribution < -0.4 is 5.56 Å². The van der Waals surface area contributed by atoms with E-state index in [1.54, 1.807) is 11.6 Å². The molecule has 10 nitrogen and oxygen atoms in total. The molecule has 1 amide bonds. The first-order valence-corrected chi connectivity index (χ1v) is 11.3. The smallest absolute Gasteiger partial charge is 0.354 e. The molecular weight excluding hydrogens is 408 g/mol. The number of fused-ring (bicyclic) bond motifs is 1. The van der Waals surface area contributed by atoms with Crippen LogP contribution in [0.5, 0.6) is 0 Å². The Kier molecular flexibility index (Phi) is 4.75. The van der Waals surface area contributed by atoms with Gasteiger partial charge in [-0.1, -0.05) is 0 Å². The summed E-state index contributed by atoms with van der Waals surface area (Å²) in [6, 6.07) is 0.734. The number of hydrazone groups is 1. The SMILES string of the molecule is O=C(OCc1cc(=O)n2ccsc2n1)C1=NN([C@@H]2CCS(=O)(=O)C2)C(=O)CC1. The van der Waals surface area contributed by atoms with Crippen LogP contribution in [0.4, 0.5) is 0 Å². The molecule has 148 valence electrons. The van der Waals surface area contributed by atoms with Crippen molar-refractivity contribution in [2.75, 3.05) is 11.5 Å². The summed E-state index contributed by atoms with van der Waals surface area (Å²) in [6.45, 7) is -0.201. The van der Waals surface area contributed by atoms with Gasteiger partial charge in [0.1, 0.15) is 12.3 Å². The van der Waals surface area contributed by atoms with Crippen molar-refractivity contribution in [2.45, 2.75) is 31.9 Å². The van der Waals surface area contributed by atoms with Crippen LogP contribution in [0.15, 0.2) is 27.5 Å². The van der Waals surface area contributed by atoms with Crippen molar-refractivity contribution in [3.8, 4) is 0 Å². The number of amides is 1. The average Bonchev–Trinajstić information content (AvgIpc) is 3.26. The van der Waals surface area contributed by atoms with E-state index in [-0.39, 0.29) is 48.1 Å². The lowest BCUT2D eigenvalue weighted by Gasteiger charge is -2.27. The number of ether oxygens (including phenoxy) is 1. The van der Waals surface area contributed by atoms with Gasteiger partial charge >= 0.3 is 5.97 Å². The normalized spacial score (nSPS) is 21.7. The summed E-state index contributed by atoms with van der Waals surface area (Å²) < 4.78 is 29.9. The summed E-state index contributed by atoms with van der Waals surface area (Å²) in [7, 11) is -3.19. The van der Waals surface area contributed by atoms with Gasteiger partial charge in [-0.2, -0.15) is 5.10 Å². The Labute approximate surface area is 163 Å². The maximum atomic E-state index is 12.3. The lowest BCUT2D eigenvalue weighted by atomic mass is 10.1. The highest BCUT2D eigenvalue weighted by molar-refractivity contribution is 7.91. The van der Waals surface area contributed by atoms with Gasteiger partial charge in [0.25, 0.3) is 5.56 Å². The average molecular weight is 424 g/mol. The van der Waals surface area contributed by atoms with E-state index in [0.29, 0.717) is 17.1 Å². The number of aromatic nitrogens is 2. The summed E-state index contributed by atoms with van der Waals surface area (Å²) in [5, 5.41) is 6.89. The molecule has 1 saturated heterocycles. The van der Waals surface area contributed by atoms with Crippen LogP contribution in [-0.2, 0) is 30.8 Å². The molecule has 0 radical (unpaired) electrons. The van der Waals surface area contributed by atoms with Crippen LogP contribution in [0, 0.1) is 0 Å². The molecular formula is C16H16N4O6S2. The van der Waals surface area contributed by atoms with E-state index in [2.05, 4.69) is 10.1 Å². The third-order valence-corrected chi connectivity index (χ3v) is 7.06. The molecule has 4 heterocycles. The second-order valence-electron chi connectivity index (χ2n) is 6.56. The summed E-state index contributed by atoms with van der Waals surface area (Å²) in [6.07, 6.45) is 2.09. The van der Waals surface area contributed by atoms with Gasteiger partial charge in [0.15, 0.2) is 14.8 Å². The van der Waals surface area contributed by atoms with Gasteiger partial charge in [-0.15, -0.1) is 11.3 Å². The van der Waals surface area contributed by atoms with Crippen molar-refractivity contribution in [2.24, 2.45) is 5.10 Å². The monoisotopic (exact) mass is 424 g/mol. The second-order valence-corrected chi connectivity index (χ2v) is 9.66. The van der Waals surface area contributed by atoms with Gasteiger partial charge in [0.2, 0.25) is 5.91 Å². The minimum atomic E-state index is -3.19. The number of carbonyl (C=O) groups is 2. The fourth-order valence-corrected chi connectivity index (χ4v) is 5.59. The zero-order valence-electron chi connectivity index (χ0n) is 14.6. The Morgan fingerprint density at radius 2 is 2.14 bits per heavy atom. The van der Waals surface area contributed by atoms with E-state index in [9.17, 15) is 22.8 Å². The molecule has 0 bridgehead atoms. The van der Waals surface area contributed by atoms with Crippen LogP contribution >= 0.6 is 11.3 Å². The number of esters is 1. The lowest BCUT2D eigenvalue weighted by Crippen LogP contribution is -2.42. The van der Waals surface area contributed by atoms with Crippen LogP contribution in [0.25, 0.3) is 4.96 Å². The molecule has 12 heteroatoms. The van der Waals surface area contributed by atoms with Gasteiger partial charge in [-0.25, -0.2) is 23.2 Å². The number of carbonyl (C=O) groups excluding carboxylic acids is 2. The number of rotatable bonds is 4. The van der Waals surface area contributed by atoms with E-state index in [4.69, 9.17) is 4.74 Å². The van der Waals surface area contributed by atoms with E-state index < -0.39 is 21.8 Å². The standard InChI is InChI=1S/C16H16N4O6S2/c21-13-2-1-12(18-20(13)11-3-6-28(24,25)9-11)15(23)26-8-10-7-14(22)19-4-5-27-16(19)17-10/h4-5,7,11H,1-3,6,8-9H2/t11-/m1/s1. The summed E-state index contributed by atoms with van der Waals surface area (Å²) in [4.78, 5) is 41.2. The zero-order chi connectivity index (χ0) is 19.9. The molecule has 2 aromatic heterocycles. The van der Waals surface area contributed by atoms with E-state index in [1.807, 2.05) is 0 Å².